The van der Waals surface area contributed by atoms with Crippen LogP contribution in [-0.2, 0) is 20.0 Å². The van der Waals surface area contributed by atoms with Gasteiger partial charge in [0, 0.05) is 25.2 Å². The number of rotatable bonds is 5. The van der Waals surface area contributed by atoms with Crippen LogP contribution in [0.4, 0.5) is 0 Å². The fraction of sp³-hybridized carbons (Fsp3) is 0.500. The Morgan fingerprint density at radius 3 is 2.94 bits per heavy atom. The van der Waals surface area contributed by atoms with Crippen molar-refractivity contribution < 1.29 is 0 Å². The molecule has 2 aromatic rings. The summed E-state index contributed by atoms with van der Waals surface area (Å²) in [5, 5.41) is 10.9. The van der Waals surface area contributed by atoms with Crippen molar-refractivity contribution in [2.45, 2.75) is 26.8 Å². The molecule has 1 N–H and O–H groups in total. The highest BCUT2D eigenvalue weighted by Gasteiger charge is 2.11. The van der Waals surface area contributed by atoms with E-state index >= 15 is 0 Å². The second-order valence-corrected chi connectivity index (χ2v) is 4.80. The second kappa shape index (κ2) is 5.42. The first-order valence-corrected chi connectivity index (χ1v) is 6.80. The lowest BCUT2D eigenvalue weighted by Crippen LogP contribution is -2.11. The first-order valence-electron chi connectivity index (χ1n) is 5.92. The summed E-state index contributed by atoms with van der Waals surface area (Å²) in [6.45, 7) is 6.04. The fourth-order valence-electron chi connectivity index (χ4n) is 1.74. The molecule has 0 aliphatic heterocycles. The molecule has 0 bridgehead atoms. The maximum atomic E-state index is 4.64. The second-order valence-electron chi connectivity index (χ2n) is 3.94. The maximum absolute atomic E-state index is 4.64. The van der Waals surface area contributed by atoms with Gasteiger partial charge >= 0.3 is 0 Å². The molecule has 2 heterocycles. The van der Waals surface area contributed by atoms with E-state index in [4.69, 9.17) is 0 Å². The Balaban J connectivity index is 2.23. The quantitative estimate of drug-likeness (QED) is 0.884. The zero-order valence-electron chi connectivity index (χ0n) is 10.5. The summed E-state index contributed by atoms with van der Waals surface area (Å²) in [5.74, 6) is 0. The van der Waals surface area contributed by atoms with E-state index < -0.39 is 0 Å². The molecule has 0 aliphatic carbocycles. The third kappa shape index (κ3) is 2.73. The summed E-state index contributed by atoms with van der Waals surface area (Å²) >= 11 is 1.69. The van der Waals surface area contributed by atoms with Gasteiger partial charge in [-0.25, -0.2) is 4.98 Å². The number of hydrogen-bond donors (Lipinski definition) is 1. The predicted octanol–water partition coefficient (Wildman–Crippen LogP) is 2.22. The molecule has 5 heteroatoms. The molecule has 0 radical (unpaired) electrons. The monoisotopic (exact) mass is 250 g/mol. The van der Waals surface area contributed by atoms with Crippen LogP contribution < -0.4 is 5.32 Å². The first-order chi connectivity index (χ1) is 8.24. The summed E-state index contributed by atoms with van der Waals surface area (Å²) < 4.78 is 1.86. The Morgan fingerprint density at radius 1 is 1.41 bits per heavy atom. The van der Waals surface area contributed by atoms with Crippen LogP contribution in [0.1, 0.15) is 25.2 Å². The minimum Gasteiger partial charge on any atom is -0.311 e. The van der Waals surface area contributed by atoms with Crippen LogP contribution in [0.25, 0.3) is 10.6 Å². The number of aryl methyl sites for hydroxylation is 2. The normalized spacial score (nSPS) is 11.0. The molecule has 0 amide bonds. The van der Waals surface area contributed by atoms with Crippen LogP contribution in [0.5, 0.6) is 0 Å². The van der Waals surface area contributed by atoms with Gasteiger partial charge in [-0.1, -0.05) is 13.8 Å². The number of aromatic nitrogens is 3. The SMILES string of the molecule is CCNCc1csc(-c2cn(C)nc2CC)n1. The Kier molecular flexibility index (Phi) is 3.91. The minimum absolute atomic E-state index is 0.842. The maximum Gasteiger partial charge on any atom is 0.127 e. The largest absolute Gasteiger partial charge is 0.311 e. The molecule has 0 aliphatic rings. The third-order valence-corrected chi connectivity index (χ3v) is 3.50. The van der Waals surface area contributed by atoms with Crippen molar-refractivity contribution in [3.8, 4) is 10.6 Å². The van der Waals surface area contributed by atoms with Gasteiger partial charge in [-0.3, -0.25) is 4.68 Å². The van der Waals surface area contributed by atoms with Crippen LogP contribution in [-0.4, -0.2) is 21.3 Å². The average Bonchev–Trinajstić information content (AvgIpc) is 2.92. The molecular weight excluding hydrogens is 232 g/mol. The molecule has 0 fully saturated rings. The van der Waals surface area contributed by atoms with Crippen LogP contribution in [0.15, 0.2) is 11.6 Å². The summed E-state index contributed by atoms with van der Waals surface area (Å²) in [4.78, 5) is 4.64. The van der Waals surface area contributed by atoms with E-state index in [1.54, 1.807) is 11.3 Å². The molecule has 17 heavy (non-hydrogen) atoms. The van der Waals surface area contributed by atoms with Crippen molar-refractivity contribution in [1.29, 1.82) is 0 Å². The topological polar surface area (TPSA) is 42.7 Å². The van der Waals surface area contributed by atoms with E-state index in [2.05, 4.69) is 40.8 Å². The van der Waals surface area contributed by atoms with E-state index in [0.29, 0.717) is 0 Å². The average molecular weight is 250 g/mol. The van der Waals surface area contributed by atoms with E-state index in [1.807, 2.05) is 11.7 Å². The molecule has 2 aromatic heterocycles. The number of hydrogen-bond acceptors (Lipinski definition) is 4. The van der Waals surface area contributed by atoms with Gasteiger partial charge in [0.15, 0.2) is 0 Å². The molecule has 0 aromatic carbocycles. The van der Waals surface area contributed by atoms with Crippen molar-refractivity contribution in [2.24, 2.45) is 7.05 Å². The van der Waals surface area contributed by atoms with Crippen molar-refractivity contribution in [3.05, 3.63) is 23.0 Å². The smallest absolute Gasteiger partial charge is 0.127 e. The molecular formula is C12H18N4S. The number of thiazole rings is 1. The molecule has 2 rings (SSSR count). The molecule has 0 atom stereocenters. The summed E-state index contributed by atoms with van der Waals surface area (Å²) in [7, 11) is 1.95. The van der Waals surface area contributed by atoms with Crippen molar-refractivity contribution in [2.75, 3.05) is 6.54 Å². The molecule has 92 valence electrons. The third-order valence-electron chi connectivity index (χ3n) is 2.58. The Bertz CT molecular complexity index is 486. The van der Waals surface area contributed by atoms with Crippen LogP contribution in [0.3, 0.4) is 0 Å². The van der Waals surface area contributed by atoms with Gasteiger partial charge in [0.2, 0.25) is 0 Å². The van der Waals surface area contributed by atoms with E-state index in [9.17, 15) is 0 Å². The van der Waals surface area contributed by atoms with Crippen LogP contribution >= 0.6 is 11.3 Å². The van der Waals surface area contributed by atoms with Crippen LogP contribution in [0.2, 0.25) is 0 Å². The van der Waals surface area contributed by atoms with E-state index in [1.165, 1.54) is 5.56 Å². The van der Waals surface area contributed by atoms with Crippen molar-refractivity contribution >= 4 is 11.3 Å². The Labute approximate surface area is 106 Å². The van der Waals surface area contributed by atoms with Gasteiger partial charge in [0.1, 0.15) is 5.01 Å². The fourth-order valence-corrected chi connectivity index (χ4v) is 2.59. The molecule has 0 saturated heterocycles. The molecule has 0 spiro atoms. The Hall–Kier alpha value is -1.20. The molecule has 0 unspecified atom stereocenters. The zero-order valence-corrected chi connectivity index (χ0v) is 11.3. The van der Waals surface area contributed by atoms with Gasteiger partial charge < -0.3 is 5.32 Å². The van der Waals surface area contributed by atoms with Gasteiger partial charge in [-0.05, 0) is 13.0 Å². The van der Waals surface area contributed by atoms with E-state index in [-0.39, 0.29) is 0 Å². The predicted molar refractivity (Wildman–Crippen MR) is 71.1 cm³/mol. The highest BCUT2D eigenvalue weighted by atomic mass is 32.1. The first kappa shape index (κ1) is 12.3. The summed E-state index contributed by atoms with van der Waals surface area (Å²) in [5.41, 5.74) is 3.40. The van der Waals surface area contributed by atoms with Gasteiger partial charge in [0.25, 0.3) is 0 Å². The lowest BCUT2D eigenvalue weighted by molar-refractivity contribution is 0.715. The highest BCUT2D eigenvalue weighted by molar-refractivity contribution is 7.13. The molecule has 0 saturated carbocycles. The lowest BCUT2D eigenvalue weighted by Gasteiger charge is -1.96. The summed E-state index contributed by atoms with van der Waals surface area (Å²) in [6.07, 6.45) is 2.99. The lowest BCUT2D eigenvalue weighted by atomic mass is 10.2. The minimum atomic E-state index is 0.842. The van der Waals surface area contributed by atoms with Gasteiger partial charge in [-0.15, -0.1) is 11.3 Å². The number of nitrogens with one attached hydrogen (secondary N) is 1. The standard InChI is InChI=1S/C12H18N4S/c1-4-11-10(7-16(3)15-11)12-14-9(8-17-12)6-13-5-2/h7-8,13H,4-6H2,1-3H3. The number of nitrogens with zero attached hydrogens (tertiary/aromatic N) is 3. The molecule has 4 nitrogen and oxygen atoms in total. The Morgan fingerprint density at radius 2 is 2.24 bits per heavy atom. The zero-order chi connectivity index (χ0) is 12.3. The van der Waals surface area contributed by atoms with Crippen molar-refractivity contribution in [3.63, 3.8) is 0 Å². The van der Waals surface area contributed by atoms with Gasteiger partial charge in [-0.2, -0.15) is 5.10 Å². The highest BCUT2D eigenvalue weighted by Crippen LogP contribution is 2.26. The van der Waals surface area contributed by atoms with Crippen molar-refractivity contribution in [1.82, 2.24) is 20.1 Å². The van der Waals surface area contributed by atoms with Crippen LogP contribution in [0, 0.1) is 0 Å². The van der Waals surface area contributed by atoms with E-state index in [0.717, 1.165) is 35.9 Å². The summed E-state index contributed by atoms with van der Waals surface area (Å²) in [6, 6.07) is 0. The van der Waals surface area contributed by atoms with Gasteiger partial charge in [0.05, 0.1) is 17.0 Å².